The summed E-state index contributed by atoms with van der Waals surface area (Å²) in [6.45, 7) is 3.45. The van der Waals surface area contributed by atoms with E-state index in [0.29, 0.717) is 23.5 Å². The number of imidazole rings is 1. The van der Waals surface area contributed by atoms with Gasteiger partial charge in [0.2, 0.25) is 17.9 Å². The highest BCUT2D eigenvalue weighted by molar-refractivity contribution is 8.00. The van der Waals surface area contributed by atoms with Gasteiger partial charge in [0.05, 0.1) is 17.9 Å². The van der Waals surface area contributed by atoms with Crippen LogP contribution in [0.15, 0.2) is 41.1 Å². The third-order valence-corrected chi connectivity index (χ3v) is 8.43. The van der Waals surface area contributed by atoms with Crippen LogP contribution in [0.3, 0.4) is 0 Å². The molecule has 2 amide bonds. The lowest BCUT2D eigenvalue weighted by atomic mass is 10.0. The number of nitrogens with zero attached hydrogens (tertiary/aromatic N) is 7. The number of carboxylic acid groups (broad SMARTS) is 1. The third-order valence-electron chi connectivity index (χ3n) is 6.55. The van der Waals surface area contributed by atoms with Gasteiger partial charge in [0.25, 0.3) is 11.8 Å². The van der Waals surface area contributed by atoms with Crippen LogP contribution in [-0.4, -0.2) is 77.6 Å². The van der Waals surface area contributed by atoms with Crippen LogP contribution < -0.4 is 26.5 Å². The van der Waals surface area contributed by atoms with Crippen LogP contribution in [0.5, 0.6) is 0 Å². The second kappa shape index (κ2) is 12.2. The summed E-state index contributed by atoms with van der Waals surface area (Å²) in [6, 6.07) is 2.83. The maximum Gasteiger partial charge on any atom is 0.349 e. The quantitative estimate of drug-likeness (QED) is 0.0704. The average molecular weight is 601 g/mol. The van der Waals surface area contributed by atoms with Crippen molar-refractivity contribution in [2.24, 2.45) is 10.9 Å². The number of nitrogens with two attached hydrogens (primary N) is 2. The highest BCUT2D eigenvalue weighted by Crippen LogP contribution is 2.40. The number of carbonyl (C=O) groups excluding carboxylic acids is 3. The first-order chi connectivity index (χ1) is 19.8. The Balaban J connectivity index is 1.35. The molecule has 2 atom stereocenters. The Kier molecular flexibility index (Phi) is 8.46. The summed E-state index contributed by atoms with van der Waals surface area (Å²) in [5.74, 6) is -2.53. The number of oxime groups is 1. The van der Waals surface area contributed by atoms with E-state index in [4.69, 9.17) is 16.3 Å². The normalized spacial score (nSPS) is 18.8. The van der Waals surface area contributed by atoms with Crippen LogP contribution in [0, 0.1) is 0 Å². The number of thioether (sulfide) groups is 1. The Hall–Kier alpha value is -4.09. The van der Waals surface area contributed by atoms with Gasteiger partial charge in [0.1, 0.15) is 30.1 Å². The predicted molar refractivity (Wildman–Crippen MR) is 148 cm³/mol. The van der Waals surface area contributed by atoms with Crippen molar-refractivity contribution in [1.82, 2.24) is 29.1 Å². The Labute approximate surface area is 242 Å². The number of fused-ring (bicyclic) bond motifs is 2. The first-order valence-electron chi connectivity index (χ1n) is 12.9. The number of pyridine rings is 1. The summed E-state index contributed by atoms with van der Waals surface area (Å²) < 4.78 is 7.88. The molecule has 1 saturated heterocycles. The standard InChI is InChI=1S/C24H28N10O5S2/c1-2-39-30-15(18-29-24(26)41-31-18)20(35)28-16-21(36)34-17(23(37)38)13(11-40-22(16)34)10-32-9-5-6-14-19(32)27-12-33(14)8-4-3-7-25/h5-6,9,12,16,22H,2-4,7-8,10-11,25H2,1H3,(H3-,26,28,29,31,35,37,38)/b30-15-. The molecule has 0 bridgehead atoms. The zero-order valence-electron chi connectivity index (χ0n) is 22.1. The van der Waals surface area contributed by atoms with Crippen LogP contribution in [0.25, 0.3) is 11.2 Å². The SMILES string of the molecule is CCO/N=C(\C(=O)NC1C(=O)N2C(C(=O)[O-])=C(C[n+]3cccc4c3ncn4CCCCN)CSC12)c1nsc(N)n1. The Morgan fingerprint density at radius 3 is 2.90 bits per heavy atom. The molecule has 0 aliphatic carbocycles. The number of hydrogen-bond acceptors (Lipinski definition) is 13. The largest absolute Gasteiger partial charge is 0.543 e. The lowest BCUT2D eigenvalue weighted by Crippen LogP contribution is -2.71. The number of β-lactam (4-membered cyclic amide) rings is 1. The summed E-state index contributed by atoms with van der Waals surface area (Å²) in [5.41, 5.74) is 12.9. The lowest BCUT2D eigenvalue weighted by Gasteiger charge is -2.50. The molecular formula is C24H28N10O5S2. The van der Waals surface area contributed by atoms with E-state index >= 15 is 0 Å². The second-order valence-electron chi connectivity index (χ2n) is 9.19. The minimum absolute atomic E-state index is 0.0380. The average Bonchev–Trinajstić information content (AvgIpc) is 3.58. The molecule has 2 aliphatic rings. The predicted octanol–water partition coefficient (Wildman–Crippen LogP) is -1.66. The van der Waals surface area contributed by atoms with Crippen molar-refractivity contribution < 1.29 is 28.9 Å². The van der Waals surface area contributed by atoms with Gasteiger partial charge in [0, 0.05) is 29.4 Å². The molecule has 1 fully saturated rings. The first kappa shape index (κ1) is 28.4. The van der Waals surface area contributed by atoms with E-state index in [9.17, 15) is 19.5 Å². The van der Waals surface area contributed by atoms with Crippen LogP contribution in [-0.2, 0) is 32.3 Å². The molecule has 17 heteroatoms. The number of nitrogens with one attached hydrogen (secondary N) is 1. The highest BCUT2D eigenvalue weighted by Gasteiger charge is 2.53. The Bertz CT molecular complexity index is 1550. The zero-order chi connectivity index (χ0) is 29.1. The monoisotopic (exact) mass is 600 g/mol. The molecule has 0 aromatic carbocycles. The number of aryl methyl sites for hydroxylation is 1. The van der Waals surface area contributed by atoms with E-state index < -0.39 is 29.2 Å². The molecule has 15 nitrogen and oxygen atoms in total. The van der Waals surface area contributed by atoms with Gasteiger partial charge in [-0.2, -0.15) is 9.36 Å². The lowest BCUT2D eigenvalue weighted by molar-refractivity contribution is -0.664. The zero-order valence-corrected chi connectivity index (χ0v) is 23.7. The molecule has 0 radical (unpaired) electrons. The minimum Gasteiger partial charge on any atom is -0.543 e. The minimum atomic E-state index is -1.47. The third kappa shape index (κ3) is 5.59. The van der Waals surface area contributed by atoms with E-state index in [0.717, 1.165) is 41.3 Å². The molecule has 3 aromatic heterocycles. The first-order valence-corrected chi connectivity index (χ1v) is 14.7. The van der Waals surface area contributed by atoms with Crippen LogP contribution in [0.2, 0.25) is 0 Å². The van der Waals surface area contributed by atoms with Crippen molar-refractivity contribution in [3.05, 3.63) is 41.8 Å². The molecule has 41 heavy (non-hydrogen) atoms. The number of amides is 2. The molecule has 2 aliphatic heterocycles. The van der Waals surface area contributed by atoms with Crippen molar-refractivity contribution in [3.63, 3.8) is 0 Å². The number of rotatable bonds is 12. The van der Waals surface area contributed by atoms with Crippen LogP contribution in [0.1, 0.15) is 25.6 Å². The fourth-order valence-electron chi connectivity index (χ4n) is 4.67. The fraction of sp³-hybridized carbons (Fsp3) is 0.417. The number of aromatic nitrogens is 5. The van der Waals surface area contributed by atoms with Crippen LogP contribution in [0.4, 0.5) is 5.13 Å². The molecule has 0 saturated carbocycles. The van der Waals surface area contributed by atoms with Crippen molar-refractivity contribution in [2.75, 3.05) is 24.6 Å². The number of carboxylic acids is 1. The fourth-order valence-corrected chi connectivity index (χ4v) is 6.44. The maximum atomic E-state index is 13.2. The summed E-state index contributed by atoms with van der Waals surface area (Å²) >= 11 is 2.22. The number of anilines is 1. The Morgan fingerprint density at radius 2 is 2.20 bits per heavy atom. The summed E-state index contributed by atoms with van der Waals surface area (Å²) in [7, 11) is 0. The number of unbranched alkanes of at least 4 members (excludes halogenated alkanes) is 1. The molecule has 5 heterocycles. The molecule has 216 valence electrons. The summed E-state index contributed by atoms with van der Waals surface area (Å²) in [5, 5.41) is 18.2. The topological polar surface area (TPSA) is 211 Å². The van der Waals surface area contributed by atoms with Gasteiger partial charge in [-0.25, -0.2) is 4.57 Å². The Morgan fingerprint density at radius 1 is 1.37 bits per heavy atom. The van der Waals surface area contributed by atoms with Crippen molar-refractivity contribution in [1.29, 1.82) is 0 Å². The molecule has 5 rings (SSSR count). The summed E-state index contributed by atoms with van der Waals surface area (Å²) in [6.07, 6.45) is 5.38. The van der Waals surface area contributed by atoms with E-state index in [2.05, 4.69) is 24.8 Å². The van der Waals surface area contributed by atoms with Gasteiger partial charge in [0.15, 0.2) is 5.13 Å². The molecular weight excluding hydrogens is 572 g/mol. The van der Waals surface area contributed by atoms with Gasteiger partial charge in [-0.3, -0.25) is 14.5 Å². The van der Waals surface area contributed by atoms with Gasteiger partial charge < -0.3 is 36.1 Å². The van der Waals surface area contributed by atoms with E-state index in [1.165, 1.54) is 11.8 Å². The molecule has 0 spiro atoms. The number of aliphatic carboxylic acids is 1. The molecule has 3 aromatic rings. The van der Waals surface area contributed by atoms with Gasteiger partial charge >= 0.3 is 5.65 Å². The molecule has 5 N–H and O–H groups in total. The van der Waals surface area contributed by atoms with Crippen molar-refractivity contribution in [2.45, 2.75) is 44.3 Å². The molecule has 2 unspecified atom stereocenters. The van der Waals surface area contributed by atoms with E-state index in [1.54, 1.807) is 13.3 Å². The van der Waals surface area contributed by atoms with Crippen molar-refractivity contribution in [3.8, 4) is 0 Å². The van der Waals surface area contributed by atoms with E-state index in [1.807, 2.05) is 27.5 Å². The van der Waals surface area contributed by atoms with Crippen molar-refractivity contribution >= 4 is 63.1 Å². The second-order valence-corrected chi connectivity index (χ2v) is 11.1. The van der Waals surface area contributed by atoms with Gasteiger partial charge in [-0.1, -0.05) is 5.16 Å². The van der Waals surface area contributed by atoms with Gasteiger partial charge in [-0.15, -0.1) is 11.8 Å². The van der Waals surface area contributed by atoms with Gasteiger partial charge in [-0.05, 0) is 43.4 Å². The van der Waals surface area contributed by atoms with Crippen LogP contribution >= 0.6 is 23.3 Å². The number of hydrogen-bond donors (Lipinski definition) is 3. The smallest absolute Gasteiger partial charge is 0.349 e. The van der Waals surface area contributed by atoms with E-state index in [-0.39, 0.29) is 35.5 Å². The highest BCUT2D eigenvalue weighted by atomic mass is 32.2. The summed E-state index contributed by atoms with van der Waals surface area (Å²) in [4.78, 5) is 53.2. The number of nitrogen functional groups attached to an aromatic ring is 1. The maximum absolute atomic E-state index is 13.2. The number of carbonyl (C=O) groups is 3.